The third kappa shape index (κ3) is 3.50. The van der Waals surface area contributed by atoms with Crippen molar-refractivity contribution in [1.29, 1.82) is 0 Å². The molecule has 0 saturated carbocycles. The van der Waals surface area contributed by atoms with Crippen molar-refractivity contribution < 1.29 is 9.53 Å². The molecule has 23 heavy (non-hydrogen) atoms. The normalized spacial score (nSPS) is 17.3. The second-order valence-corrected chi connectivity index (χ2v) is 5.61. The Morgan fingerprint density at radius 2 is 2.22 bits per heavy atom. The summed E-state index contributed by atoms with van der Waals surface area (Å²) in [6.45, 7) is 1.45. The quantitative estimate of drug-likeness (QED) is 0.878. The number of ether oxygens (including phenoxy) is 1. The van der Waals surface area contributed by atoms with Crippen LogP contribution in [0.2, 0.25) is 0 Å². The molecule has 1 aromatic carbocycles. The van der Waals surface area contributed by atoms with Crippen LogP contribution in [0.5, 0.6) is 0 Å². The number of carbonyl (C=O) groups is 1. The lowest BCUT2D eigenvalue weighted by Crippen LogP contribution is -2.40. The average molecular weight is 316 g/mol. The van der Waals surface area contributed by atoms with Crippen molar-refractivity contribution in [1.82, 2.24) is 20.2 Å². The van der Waals surface area contributed by atoms with E-state index in [0.717, 1.165) is 19.4 Å². The van der Waals surface area contributed by atoms with Gasteiger partial charge in [0.05, 0.1) is 23.6 Å². The van der Waals surface area contributed by atoms with E-state index in [9.17, 15) is 9.59 Å². The largest absolute Gasteiger partial charge is 0.376 e. The first kappa shape index (κ1) is 15.5. The Morgan fingerprint density at radius 1 is 1.39 bits per heavy atom. The molecular formula is C16H20N4O3. The molecule has 1 saturated heterocycles. The van der Waals surface area contributed by atoms with Crippen molar-refractivity contribution in [3.8, 4) is 0 Å². The zero-order valence-corrected chi connectivity index (χ0v) is 13.0. The van der Waals surface area contributed by atoms with Crippen molar-refractivity contribution in [3.63, 3.8) is 0 Å². The number of amides is 2. The molecule has 1 atom stereocenters. The number of rotatable bonds is 4. The third-order valence-corrected chi connectivity index (χ3v) is 4.00. The van der Waals surface area contributed by atoms with Gasteiger partial charge in [-0.2, -0.15) is 0 Å². The van der Waals surface area contributed by atoms with Crippen LogP contribution < -0.4 is 16.2 Å². The smallest absolute Gasteiger partial charge is 0.315 e. The van der Waals surface area contributed by atoms with Gasteiger partial charge in [0.2, 0.25) is 0 Å². The summed E-state index contributed by atoms with van der Waals surface area (Å²) in [7, 11) is 1.66. The zero-order valence-electron chi connectivity index (χ0n) is 13.0. The third-order valence-electron chi connectivity index (χ3n) is 4.00. The standard InChI is InChI=1S/C16H20N4O3/c1-20-14(19-13-7-3-2-6-12(13)15(20)21)10-18-16(22)17-9-11-5-4-8-23-11/h2-3,6-7,11H,4-5,8-10H2,1H3,(H2,17,18,22)/t11-/m0/s1. The molecule has 1 fully saturated rings. The molecule has 0 bridgehead atoms. The summed E-state index contributed by atoms with van der Waals surface area (Å²) in [4.78, 5) is 28.6. The van der Waals surface area contributed by atoms with Crippen LogP contribution in [0.15, 0.2) is 29.1 Å². The van der Waals surface area contributed by atoms with E-state index >= 15 is 0 Å². The summed E-state index contributed by atoms with van der Waals surface area (Å²) in [5.74, 6) is 0.515. The van der Waals surface area contributed by atoms with Crippen molar-refractivity contribution in [2.24, 2.45) is 7.05 Å². The Bertz CT molecular complexity index is 765. The van der Waals surface area contributed by atoms with Gasteiger partial charge >= 0.3 is 6.03 Å². The van der Waals surface area contributed by atoms with E-state index in [4.69, 9.17) is 4.74 Å². The van der Waals surface area contributed by atoms with Crippen LogP contribution in [0, 0.1) is 0 Å². The molecule has 2 aromatic rings. The Labute approximate surface area is 133 Å². The van der Waals surface area contributed by atoms with Gasteiger partial charge in [0, 0.05) is 20.2 Å². The van der Waals surface area contributed by atoms with E-state index in [1.165, 1.54) is 4.57 Å². The molecule has 1 aromatic heterocycles. The summed E-state index contributed by atoms with van der Waals surface area (Å²) >= 11 is 0. The number of benzene rings is 1. The maximum Gasteiger partial charge on any atom is 0.315 e. The highest BCUT2D eigenvalue weighted by Gasteiger charge is 2.16. The molecular weight excluding hydrogens is 296 g/mol. The number of hydrogen-bond donors (Lipinski definition) is 2. The number of fused-ring (bicyclic) bond motifs is 1. The van der Waals surface area contributed by atoms with E-state index in [0.29, 0.717) is 23.3 Å². The van der Waals surface area contributed by atoms with Crippen molar-refractivity contribution in [3.05, 3.63) is 40.4 Å². The van der Waals surface area contributed by atoms with Gasteiger partial charge in [-0.15, -0.1) is 0 Å². The molecule has 2 heterocycles. The number of hydrogen-bond acceptors (Lipinski definition) is 4. The first-order valence-corrected chi connectivity index (χ1v) is 7.73. The molecule has 2 N–H and O–H groups in total. The van der Waals surface area contributed by atoms with Crippen LogP contribution in [0.25, 0.3) is 10.9 Å². The number of carbonyl (C=O) groups excluding carboxylic acids is 1. The molecule has 0 radical (unpaired) electrons. The van der Waals surface area contributed by atoms with Gasteiger partial charge in [-0.25, -0.2) is 9.78 Å². The minimum Gasteiger partial charge on any atom is -0.376 e. The molecule has 2 amide bonds. The molecule has 0 spiro atoms. The van der Waals surface area contributed by atoms with E-state index in [-0.39, 0.29) is 24.2 Å². The second kappa shape index (κ2) is 6.78. The van der Waals surface area contributed by atoms with Crippen LogP contribution in [0.4, 0.5) is 4.79 Å². The first-order valence-electron chi connectivity index (χ1n) is 7.73. The molecule has 3 rings (SSSR count). The van der Waals surface area contributed by atoms with Crippen LogP contribution in [-0.2, 0) is 18.3 Å². The summed E-state index contributed by atoms with van der Waals surface area (Å²) in [6, 6.07) is 6.89. The maximum atomic E-state index is 12.3. The lowest BCUT2D eigenvalue weighted by molar-refractivity contribution is 0.111. The van der Waals surface area contributed by atoms with E-state index in [1.54, 1.807) is 19.2 Å². The lowest BCUT2D eigenvalue weighted by Gasteiger charge is -2.13. The van der Waals surface area contributed by atoms with Gasteiger partial charge in [-0.1, -0.05) is 12.1 Å². The molecule has 1 aliphatic rings. The summed E-state index contributed by atoms with van der Waals surface area (Å²) < 4.78 is 6.91. The molecule has 7 heteroatoms. The number of nitrogens with zero attached hydrogens (tertiary/aromatic N) is 2. The Hall–Kier alpha value is -2.41. The second-order valence-electron chi connectivity index (χ2n) is 5.61. The Kier molecular flexibility index (Phi) is 4.57. The highest BCUT2D eigenvalue weighted by atomic mass is 16.5. The zero-order chi connectivity index (χ0) is 16.2. The SMILES string of the molecule is Cn1c(CNC(=O)NC[C@@H]2CCCO2)nc2ccccc2c1=O. The summed E-state index contributed by atoms with van der Waals surface area (Å²) in [5.41, 5.74) is 0.513. The molecule has 1 aliphatic heterocycles. The van der Waals surface area contributed by atoms with Crippen molar-refractivity contribution in [2.75, 3.05) is 13.2 Å². The van der Waals surface area contributed by atoms with E-state index in [2.05, 4.69) is 15.6 Å². The minimum atomic E-state index is -0.289. The van der Waals surface area contributed by atoms with Gasteiger partial charge in [0.15, 0.2) is 0 Å². The van der Waals surface area contributed by atoms with Crippen LogP contribution in [0.1, 0.15) is 18.7 Å². The number of nitrogens with one attached hydrogen (secondary N) is 2. The van der Waals surface area contributed by atoms with Crippen molar-refractivity contribution in [2.45, 2.75) is 25.5 Å². The predicted octanol–water partition coefficient (Wildman–Crippen LogP) is 0.912. The molecule has 122 valence electrons. The van der Waals surface area contributed by atoms with E-state index < -0.39 is 0 Å². The topological polar surface area (TPSA) is 85.2 Å². The number of para-hydroxylation sites is 1. The number of aromatic nitrogens is 2. The van der Waals surface area contributed by atoms with Gasteiger partial charge < -0.3 is 15.4 Å². The lowest BCUT2D eigenvalue weighted by atomic mass is 10.2. The fraction of sp³-hybridized carbons (Fsp3) is 0.438. The Morgan fingerprint density at radius 3 is 3.00 bits per heavy atom. The van der Waals surface area contributed by atoms with Crippen LogP contribution >= 0.6 is 0 Å². The van der Waals surface area contributed by atoms with Gasteiger partial charge in [0.25, 0.3) is 5.56 Å². The fourth-order valence-electron chi connectivity index (χ4n) is 2.66. The van der Waals surface area contributed by atoms with Gasteiger partial charge in [0.1, 0.15) is 5.82 Å². The molecule has 7 nitrogen and oxygen atoms in total. The monoisotopic (exact) mass is 316 g/mol. The molecule has 0 unspecified atom stereocenters. The highest BCUT2D eigenvalue weighted by molar-refractivity contribution is 5.77. The average Bonchev–Trinajstić information content (AvgIpc) is 3.08. The first-order chi connectivity index (χ1) is 11.1. The van der Waals surface area contributed by atoms with Crippen molar-refractivity contribution >= 4 is 16.9 Å². The van der Waals surface area contributed by atoms with Crippen LogP contribution in [0.3, 0.4) is 0 Å². The Balaban J connectivity index is 1.63. The minimum absolute atomic E-state index is 0.101. The van der Waals surface area contributed by atoms with Gasteiger partial charge in [-0.05, 0) is 25.0 Å². The maximum absolute atomic E-state index is 12.3. The van der Waals surface area contributed by atoms with E-state index in [1.807, 2.05) is 12.1 Å². The molecule has 0 aliphatic carbocycles. The summed E-state index contributed by atoms with van der Waals surface area (Å²) in [5, 5.41) is 6.07. The fourth-order valence-corrected chi connectivity index (χ4v) is 2.66. The summed E-state index contributed by atoms with van der Waals surface area (Å²) in [6.07, 6.45) is 2.11. The van der Waals surface area contributed by atoms with Gasteiger partial charge in [-0.3, -0.25) is 9.36 Å². The predicted molar refractivity (Wildman–Crippen MR) is 86.2 cm³/mol. The van der Waals surface area contributed by atoms with Crippen LogP contribution in [-0.4, -0.2) is 34.8 Å². The highest BCUT2D eigenvalue weighted by Crippen LogP contribution is 2.10. The number of urea groups is 1.